The summed E-state index contributed by atoms with van der Waals surface area (Å²) < 4.78 is 0. The van der Waals surface area contributed by atoms with Crippen LogP contribution in [0.25, 0.3) is 0 Å². The van der Waals surface area contributed by atoms with E-state index >= 15 is 0 Å². The molecular weight excluding hydrogens is 264 g/mol. The van der Waals surface area contributed by atoms with Gasteiger partial charge in [0.2, 0.25) is 0 Å². The molecule has 5 nitrogen and oxygen atoms in total. The van der Waals surface area contributed by atoms with Crippen molar-refractivity contribution in [3.8, 4) is 0 Å². The number of aliphatic hydroxyl groups is 2. The van der Waals surface area contributed by atoms with Gasteiger partial charge in [0, 0.05) is 19.3 Å². The Balaban J connectivity index is 2.17. The molecular formula is C13H18N2O3S. The van der Waals surface area contributed by atoms with Crippen molar-refractivity contribution in [2.24, 2.45) is 0 Å². The first kappa shape index (κ1) is 14.3. The van der Waals surface area contributed by atoms with Crippen LogP contribution in [-0.2, 0) is 0 Å². The number of nitrogens with zero attached hydrogens (tertiary/aromatic N) is 2. The number of amides is 1. The van der Waals surface area contributed by atoms with Crippen molar-refractivity contribution in [2.75, 3.05) is 19.3 Å². The summed E-state index contributed by atoms with van der Waals surface area (Å²) in [5.41, 5.74) is -0.572. The molecule has 0 aromatic carbocycles. The van der Waals surface area contributed by atoms with Crippen LogP contribution in [0.1, 0.15) is 23.7 Å². The number of thioether (sulfide) groups is 1. The number of likely N-dealkylation sites (tertiary alicyclic amines) is 1. The summed E-state index contributed by atoms with van der Waals surface area (Å²) in [7, 11) is 0. The molecule has 2 rings (SSSR count). The van der Waals surface area contributed by atoms with Crippen molar-refractivity contribution in [1.82, 2.24) is 9.88 Å². The fourth-order valence-electron chi connectivity index (χ4n) is 2.10. The fraction of sp³-hybridized carbons (Fsp3) is 0.538. The molecule has 2 N–H and O–H groups in total. The van der Waals surface area contributed by atoms with E-state index in [1.165, 1.54) is 11.8 Å². The molecule has 1 aromatic rings. The Morgan fingerprint density at radius 3 is 3.00 bits per heavy atom. The molecule has 0 aliphatic carbocycles. The Hall–Kier alpha value is -1.11. The summed E-state index contributed by atoms with van der Waals surface area (Å²) >= 11 is 1.42. The molecule has 19 heavy (non-hydrogen) atoms. The number of β-amino-alcohol motifs (C(OH)–C–C–N with tert-alkyl or cyclic N) is 1. The lowest BCUT2D eigenvalue weighted by Crippen LogP contribution is -2.55. The molecule has 0 spiro atoms. The Morgan fingerprint density at radius 1 is 1.63 bits per heavy atom. The van der Waals surface area contributed by atoms with Crippen LogP contribution in [0, 0.1) is 0 Å². The minimum Gasteiger partial charge on any atom is -0.388 e. The van der Waals surface area contributed by atoms with Crippen LogP contribution in [0.15, 0.2) is 23.4 Å². The van der Waals surface area contributed by atoms with Crippen LogP contribution in [0.2, 0.25) is 0 Å². The molecule has 6 heteroatoms. The first-order valence-electron chi connectivity index (χ1n) is 6.14. The summed E-state index contributed by atoms with van der Waals surface area (Å²) in [5.74, 6) is -0.146. The summed E-state index contributed by atoms with van der Waals surface area (Å²) in [6.07, 6.45) is 2.97. The van der Waals surface area contributed by atoms with Gasteiger partial charge in [-0.2, -0.15) is 0 Å². The highest BCUT2D eigenvalue weighted by Crippen LogP contribution is 2.25. The Morgan fingerprint density at radius 2 is 2.37 bits per heavy atom. The van der Waals surface area contributed by atoms with E-state index in [9.17, 15) is 15.0 Å². The van der Waals surface area contributed by atoms with Gasteiger partial charge in [-0.3, -0.25) is 4.79 Å². The maximum Gasteiger partial charge on any atom is 0.256 e. The summed E-state index contributed by atoms with van der Waals surface area (Å²) in [6, 6.07) is 3.46. The largest absolute Gasteiger partial charge is 0.388 e. The van der Waals surface area contributed by atoms with Crippen LogP contribution >= 0.6 is 11.8 Å². The second-order valence-corrected chi connectivity index (χ2v) is 5.73. The minimum atomic E-state index is -1.12. The SMILES string of the molecule is CSc1ncccc1C(=O)N1CC[C@@](C)(O)[C@H](O)C1. The zero-order valence-corrected chi connectivity index (χ0v) is 11.9. The molecule has 104 valence electrons. The topological polar surface area (TPSA) is 73.7 Å². The lowest BCUT2D eigenvalue weighted by Gasteiger charge is -2.40. The maximum atomic E-state index is 12.4. The van der Waals surface area contributed by atoms with E-state index in [0.717, 1.165) is 0 Å². The zero-order chi connectivity index (χ0) is 14.0. The second-order valence-electron chi connectivity index (χ2n) is 4.93. The lowest BCUT2D eigenvalue weighted by atomic mass is 9.90. The third-order valence-electron chi connectivity index (χ3n) is 3.48. The second kappa shape index (κ2) is 5.48. The number of piperidine rings is 1. The highest BCUT2D eigenvalue weighted by Gasteiger charge is 2.38. The van der Waals surface area contributed by atoms with E-state index < -0.39 is 11.7 Å². The van der Waals surface area contributed by atoms with Gasteiger partial charge in [0.25, 0.3) is 5.91 Å². The quantitative estimate of drug-likeness (QED) is 0.784. The Kier molecular flexibility index (Phi) is 4.13. The van der Waals surface area contributed by atoms with E-state index in [4.69, 9.17) is 0 Å². The number of hydrogen-bond acceptors (Lipinski definition) is 5. The van der Waals surface area contributed by atoms with Crippen molar-refractivity contribution >= 4 is 17.7 Å². The van der Waals surface area contributed by atoms with Crippen LogP contribution in [-0.4, -0.2) is 57.1 Å². The number of pyridine rings is 1. The van der Waals surface area contributed by atoms with Crippen LogP contribution in [0.5, 0.6) is 0 Å². The molecule has 1 fully saturated rings. The molecule has 0 unspecified atom stereocenters. The molecule has 0 radical (unpaired) electrons. The van der Waals surface area contributed by atoms with Crippen molar-refractivity contribution in [3.63, 3.8) is 0 Å². The van der Waals surface area contributed by atoms with E-state index in [2.05, 4.69) is 4.98 Å². The predicted octanol–water partition coefficient (Wildman–Crippen LogP) is 0.761. The van der Waals surface area contributed by atoms with Gasteiger partial charge in [-0.05, 0) is 31.7 Å². The molecule has 1 amide bonds. The van der Waals surface area contributed by atoms with Crippen LogP contribution in [0.3, 0.4) is 0 Å². The first-order valence-corrected chi connectivity index (χ1v) is 7.37. The highest BCUT2D eigenvalue weighted by atomic mass is 32.2. The number of aliphatic hydroxyl groups excluding tert-OH is 1. The maximum absolute atomic E-state index is 12.4. The number of hydrogen-bond donors (Lipinski definition) is 2. The van der Waals surface area contributed by atoms with E-state index in [1.807, 2.05) is 6.26 Å². The van der Waals surface area contributed by atoms with Gasteiger partial charge in [-0.25, -0.2) is 4.98 Å². The van der Waals surface area contributed by atoms with Gasteiger partial charge < -0.3 is 15.1 Å². The average molecular weight is 282 g/mol. The minimum absolute atomic E-state index is 0.146. The van der Waals surface area contributed by atoms with Crippen molar-refractivity contribution < 1.29 is 15.0 Å². The van der Waals surface area contributed by atoms with Crippen LogP contribution in [0.4, 0.5) is 0 Å². The normalized spacial score (nSPS) is 27.4. The number of carbonyl (C=O) groups excluding carboxylic acids is 1. The average Bonchev–Trinajstić information content (AvgIpc) is 2.41. The fourth-order valence-corrected chi connectivity index (χ4v) is 2.64. The highest BCUT2D eigenvalue weighted by molar-refractivity contribution is 7.98. The van der Waals surface area contributed by atoms with Gasteiger partial charge in [0.05, 0.1) is 17.3 Å². The molecule has 2 heterocycles. The molecule has 1 saturated heterocycles. The van der Waals surface area contributed by atoms with E-state index in [1.54, 1.807) is 30.2 Å². The number of rotatable bonds is 2. The smallest absolute Gasteiger partial charge is 0.256 e. The predicted molar refractivity (Wildman–Crippen MR) is 73.2 cm³/mol. The van der Waals surface area contributed by atoms with Gasteiger partial charge in [-0.15, -0.1) is 11.8 Å². The van der Waals surface area contributed by atoms with Gasteiger partial charge in [0.1, 0.15) is 5.03 Å². The lowest BCUT2D eigenvalue weighted by molar-refractivity contribution is -0.0999. The molecule has 1 aliphatic heterocycles. The summed E-state index contributed by atoms with van der Waals surface area (Å²) in [4.78, 5) is 18.1. The van der Waals surface area contributed by atoms with E-state index in [0.29, 0.717) is 23.6 Å². The van der Waals surface area contributed by atoms with Gasteiger partial charge in [-0.1, -0.05) is 0 Å². The molecule has 0 saturated carbocycles. The number of aromatic nitrogens is 1. The zero-order valence-electron chi connectivity index (χ0n) is 11.0. The van der Waals surface area contributed by atoms with Gasteiger partial charge >= 0.3 is 0 Å². The molecule has 1 aliphatic rings. The Bertz CT molecular complexity index is 479. The standard InChI is InChI=1S/C13H18N2O3S/c1-13(18)5-7-15(8-10(13)16)12(17)9-4-3-6-14-11(9)19-2/h3-4,6,10,16,18H,5,7-8H2,1-2H3/t10-,13-/m1/s1. The first-order chi connectivity index (χ1) is 8.95. The number of carbonyl (C=O) groups is 1. The van der Waals surface area contributed by atoms with Crippen molar-refractivity contribution in [1.29, 1.82) is 0 Å². The van der Waals surface area contributed by atoms with Gasteiger partial charge in [0.15, 0.2) is 0 Å². The van der Waals surface area contributed by atoms with Crippen molar-refractivity contribution in [2.45, 2.75) is 30.1 Å². The molecule has 1 aromatic heterocycles. The third kappa shape index (κ3) is 2.91. The summed E-state index contributed by atoms with van der Waals surface area (Å²) in [6.45, 7) is 2.18. The Labute approximate surface area is 116 Å². The monoisotopic (exact) mass is 282 g/mol. The van der Waals surface area contributed by atoms with E-state index in [-0.39, 0.29) is 12.5 Å². The third-order valence-corrected chi connectivity index (χ3v) is 4.19. The summed E-state index contributed by atoms with van der Waals surface area (Å²) in [5, 5.41) is 20.5. The van der Waals surface area contributed by atoms with Crippen molar-refractivity contribution in [3.05, 3.63) is 23.9 Å². The molecule has 2 atom stereocenters. The van der Waals surface area contributed by atoms with Crippen LogP contribution < -0.4 is 0 Å². The molecule has 0 bridgehead atoms.